The third kappa shape index (κ3) is 4.67. The second-order valence-corrected chi connectivity index (χ2v) is 12.1. The fourth-order valence-corrected chi connectivity index (χ4v) is 2.83. The SMILES string of the molecule is C[C@H](NC(=O)O)[C@H](O)c1cc(F)c(O[Si](C)(C)C(C)(C)C)cc1F. The van der Waals surface area contributed by atoms with Crippen LogP contribution in [0.2, 0.25) is 18.1 Å². The van der Waals surface area contributed by atoms with Crippen LogP contribution in [0, 0.1) is 11.6 Å². The van der Waals surface area contributed by atoms with Crippen molar-refractivity contribution < 1.29 is 28.2 Å². The number of halogens is 2. The van der Waals surface area contributed by atoms with Crippen LogP contribution in [0.5, 0.6) is 5.75 Å². The number of aliphatic hydroxyl groups excluding tert-OH is 1. The van der Waals surface area contributed by atoms with Crippen LogP contribution in [-0.4, -0.2) is 30.7 Å². The van der Waals surface area contributed by atoms with Gasteiger partial charge in [-0.25, -0.2) is 13.6 Å². The quantitative estimate of drug-likeness (QED) is 0.692. The number of hydrogen-bond acceptors (Lipinski definition) is 3. The number of nitrogens with one attached hydrogen (secondary N) is 1. The van der Waals surface area contributed by atoms with E-state index in [1.54, 1.807) is 0 Å². The maximum absolute atomic E-state index is 14.3. The summed E-state index contributed by atoms with van der Waals surface area (Å²) in [5.41, 5.74) is -0.323. The van der Waals surface area contributed by atoms with Gasteiger partial charge in [-0.3, -0.25) is 0 Å². The summed E-state index contributed by atoms with van der Waals surface area (Å²) in [6.45, 7) is 11.1. The lowest BCUT2D eigenvalue weighted by molar-refractivity contribution is 0.123. The first-order valence-electron chi connectivity index (χ1n) is 7.61. The maximum Gasteiger partial charge on any atom is 0.404 e. The van der Waals surface area contributed by atoms with Gasteiger partial charge in [0.15, 0.2) is 5.82 Å². The minimum absolute atomic E-state index is 0.186. The Morgan fingerprint density at radius 3 is 2.25 bits per heavy atom. The Kier molecular flexibility index (Phi) is 5.99. The Bertz CT molecular complexity index is 617. The van der Waals surface area contributed by atoms with Crippen LogP contribution in [0.4, 0.5) is 13.6 Å². The van der Waals surface area contributed by atoms with Gasteiger partial charge < -0.3 is 20.0 Å². The number of carbonyl (C=O) groups is 1. The number of rotatable bonds is 5. The zero-order valence-corrected chi connectivity index (χ0v) is 15.8. The van der Waals surface area contributed by atoms with Gasteiger partial charge in [0.1, 0.15) is 17.7 Å². The maximum atomic E-state index is 14.3. The molecule has 0 saturated heterocycles. The number of carboxylic acid groups (broad SMARTS) is 1. The molecule has 1 aromatic carbocycles. The number of amides is 1. The molecule has 0 aliphatic rings. The third-order valence-corrected chi connectivity index (χ3v) is 8.71. The zero-order valence-electron chi connectivity index (χ0n) is 14.8. The lowest BCUT2D eigenvalue weighted by Crippen LogP contribution is -2.44. The molecule has 2 atom stereocenters. The molecule has 0 aliphatic heterocycles. The summed E-state index contributed by atoms with van der Waals surface area (Å²) in [6.07, 6.45) is -2.88. The first-order chi connectivity index (χ1) is 10.8. The van der Waals surface area contributed by atoms with E-state index < -0.39 is 38.2 Å². The van der Waals surface area contributed by atoms with Gasteiger partial charge in [-0.05, 0) is 31.1 Å². The molecule has 0 spiro atoms. The average molecular weight is 361 g/mol. The van der Waals surface area contributed by atoms with E-state index in [4.69, 9.17) is 9.53 Å². The molecule has 1 amide bonds. The molecule has 136 valence electrons. The summed E-state index contributed by atoms with van der Waals surface area (Å²) in [5, 5.41) is 20.5. The van der Waals surface area contributed by atoms with Gasteiger partial charge >= 0.3 is 6.09 Å². The second kappa shape index (κ2) is 7.06. The fraction of sp³-hybridized carbons (Fsp3) is 0.562. The molecular weight excluding hydrogens is 336 g/mol. The van der Waals surface area contributed by atoms with E-state index in [1.807, 2.05) is 39.2 Å². The highest BCUT2D eigenvalue weighted by Gasteiger charge is 2.39. The van der Waals surface area contributed by atoms with Crippen molar-refractivity contribution in [1.82, 2.24) is 5.32 Å². The van der Waals surface area contributed by atoms with Crippen molar-refractivity contribution >= 4 is 14.4 Å². The minimum atomic E-state index is -2.35. The molecule has 0 bridgehead atoms. The summed E-state index contributed by atoms with van der Waals surface area (Å²) < 4.78 is 34.4. The van der Waals surface area contributed by atoms with Crippen molar-refractivity contribution in [2.45, 2.75) is 58.0 Å². The number of hydrogen-bond donors (Lipinski definition) is 3. The van der Waals surface area contributed by atoms with Crippen molar-refractivity contribution in [2.75, 3.05) is 0 Å². The first kappa shape index (κ1) is 20.4. The summed E-state index contributed by atoms with van der Waals surface area (Å²) in [5.74, 6) is -1.84. The second-order valence-electron chi connectivity index (χ2n) is 7.35. The van der Waals surface area contributed by atoms with E-state index in [2.05, 4.69) is 0 Å². The van der Waals surface area contributed by atoms with Crippen LogP contribution in [0.15, 0.2) is 12.1 Å². The monoisotopic (exact) mass is 361 g/mol. The predicted molar refractivity (Wildman–Crippen MR) is 89.8 cm³/mol. The Morgan fingerprint density at radius 1 is 1.25 bits per heavy atom. The molecule has 5 nitrogen and oxygen atoms in total. The highest BCUT2D eigenvalue weighted by Crippen LogP contribution is 2.38. The normalized spacial score (nSPS) is 14.9. The molecule has 0 aliphatic carbocycles. The van der Waals surface area contributed by atoms with Crippen molar-refractivity contribution in [3.63, 3.8) is 0 Å². The Labute approximate surface area is 141 Å². The predicted octanol–water partition coefficient (Wildman–Crippen LogP) is 4.04. The Morgan fingerprint density at radius 2 is 1.79 bits per heavy atom. The molecule has 8 heteroatoms. The molecule has 0 saturated carbocycles. The van der Waals surface area contributed by atoms with Crippen molar-refractivity contribution in [3.05, 3.63) is 29.3 Å². The van der Waals surface area contributed by atoms with E-state index in [0.717, 1.165) is 12.1 Å². The number of benzene rings is 1. The van der Waals surface area contributed by atoms with Gasteiger partial charge in [0.25, 0.3) is 8.32 Å². The molecule has 3 N–H and O–H groups in total. The summed E-state index contributed by atoms with van der Waals surface area (Å²) in [7, 11) is -2.35. The van der Waals surface area contributed by atoms with E-state index in [1.165, 1.54) is 6.92 Å². The topological polar surface area (TPSA) is 78.8 Å². The fourth-order valence-electron chi connectivity index (χ4n) is 1.82. The van der Waals surface area contributed by atoms with Gasteiger partial charge in [0.2, 0.25) is 0 Å². The molecule has 0 fully saturated rings. The van der Waals surface area contributed by atoms with E-state index in [-0.39, 0.29) is 16.4 Å². The molecule has 24 heavy (non-hydrogen) atoms. The van der Waals surface area contributed by atoms with Crippen LogP contribution >= 0.6 is 0 Å². The highest BCUT2D eigenvalue weighted by atomic mass is 28.4. The van der Waals surface area contributed by atoms with Gasteiger partial charge in [0.05, 0.1) is 6.04 Å². The van der Waals surface area contributed by atoms with Gasteiger partial charge in [-0.1, -0.05) is 20.8 Å². The van der Waals surface area contributed by atoms with E-state index in [9.17, 15) is 18.7 Å². The zero-order chi connectivity index (χ0) is 18.9. The summed E-state index contributed by atoms with van der Waals surface area (Å²) in [6, 6.07) is 0.758. The molecule has 1 aromatic rings. The highest BCUT2D eigenvalue weighted by molar-refractivity contribution is 6.74. The molecular formula is C16H25F2NO4Si. The summed E-state index contributed by atoms with van der Waals surface area (Å²) in [4.78, 5) is 10.6. The molecule has 0 aromatic heterocycles. The Hall–Kier alpha value is -1.67. The largest absolute Gasteiger partial charge is 0.541 e. The Balaban J connectivity index is 3.12. The summed E-state index contributed by atoms with van der Waals surface area (Å²) >= 11 is 0. The lowest BCUT2D eigenvalue weighted by Gasteiger charge is -2.36. The molecule has 0 radical (unpaired) electrons. The molecule has 0 unspecified atom stereocenters. The smallest absolute Gasteiger partial charge is 0.404 e. The van der Waals surface area contributed by atoms with Crippen LogP contribution < -0.4 is 9.74 Å². The van der Waals surface area contributed by atoms with Crippen molar-refractivity contribution in [2.24, 2.45) is 0 Å². The van der Waals surface area contributed by atoms with Gasteiger partial charge in [-0.15, -0.1) is 0 Å². The van der Waals surface area contributed by atoms with Gasteiger partial charge in [0, 0.05) is 11.6 Å². The molecule has 0 heterocycles. The number of aliphatic hydroxyl groups is 1. The van der Waals surface area contributed by atoms with Crippen LogP contribution in [0.3, 0.4) is 0 Å². The average Bonchev–Trinajstić information content (AvgIpc) is 2.39. The van der Waals surface area contributed by atoms with E-state index >= 15 is 0 Å². The minimum Gasteiger partial charge on any atom is -0.541 e. The van der Waals surface area contributed by atoms with Crippen molar-refractivity contribution in [1.29, 1.82) is 0 Å². The molecule has 1 rings (SSSR count). The van der Waals surface area contributed by atoms with Crippen LogP contribution in [0.1, 0.15) is 39.4 Å². The third-order valence-electron chi connectivity index (χ3n) is 4.37. The van der Waals surface area contributed by atoms with Crippen molar-refractivity contribution in [3.8, 4) is 5.75 Å². The first-order valence-corrected chi connectivity index (χ1v) is 10.5. The van der Waals surface area contributed by atoms with Crippen LogP contribution in [0.25, 0.3) is 0 Å². The standard InChI is InChI=1S/C16H25F2NO4Si/c1-9(19-15(21)22)14(20)10-7-12(18)13(8-11(10)17)23-24(5,6)16(2,3)4/h7-9,14,19-20H,1-6H3,(H,21,22)/t9-,14-/m0/s1. The lowest BCUT2D eigenvalue weighted by atomic mass is 10.0. The van der Waals surface area contributed by atoms with E-state index in [0.29, 0.717) is 0 Å². The van der Waals surface area contributed by atoms with Crippen LogP contribution in [-0.2, 0) is 0 Å². The van der Waals surface area contributed by atoms with Gasteiger partial charge in [-0.2, -0.15) is 0 Å².